The molecule has 9 heteroatoms. The Morgan fingerprint density at radius 1 is 1.21 bits per heavy atom. The summed E-state index contributed by atoms with van der Waals surface area (Å²) in [5.74, 6) is -0.310. The summed E-state index contributed by atoms with van der Waals surface area (Å²) in [5.41, 5.74) is 1.59. The molecule has 0 radical (unpaired) electrons. The molecule has 1 saturated heterocycles. The lowest BCUT2D eigenvalue weighted by atomic mass is 10.2. The number of amides is 1. The number of carbonyl (C=O) groups is 1. The van der Waals surface area contributed by atoms with Gasteiger partial charge in [-0.15, -0.1) is 0 Å². The molecule has 28 heavy (non-hydrogen) atoms. The molecule has 0 aromatic heterocycles. The summed E-state index contributed by atoms with van der Waals surface area (Å²) >= 11 is 6.01. The van der Waals surface area contributed by atoms with Gasteiger partial charge in [0.15, 0.2) is 6.61 Å². The molecule has 0 saturated carbocycles. The summed E-state index contributed by atoms with van der Waals surface area (Å²) in [4.78, 5) is 12.2. The molecule has 150 valence electrons. The topological polar surface area (TPSA) is 84.9 Å². The van der Waals surface area contributed by atoms with Crippen molar-refractivity contribution >= 4 is 33.2 Å². The number of hydrogen-bond acceptors (Lipinski definition) is 5. The predicted octanol–water partition coefficient (Wildman–Crippen LogP) is 2.69. The number of carbonyl (C=O) groups excluding carboxylic acids is 1. The van der Waals surface area contributed by atoms with Gasteiger partial charge in [0.2, 0.25) is 10.0 Å². The monoisotopic (exact) mass is 424 g/mol. The number of benzene rings is 2. The van der Waals surface area contributed by atoms with Crippen LogP contribution in [-0.2, 0) is 19.6 Å². The van der Waals surface area contributed by atoms with Crippen LogP contribution < -0.4 is 10.1 Å². The van der Waals surface area contributed by atoms with Crippen molar-refractivity contribution in [3.63, 3.8) is 0 Å². The Morgan fingerprint density at radius 2 is 1.93 bits per heavy atom. The molecule has 0 bridgehead atoms. The quantitative estimate of drug-likeness (QED) is 0.770. The fraction of sp³-hybridized carbons (Fsp3) is 0.316. The van der Waals surface area contributed by atoms with E-state index in [-0.39, 0.29) is 41.3 Å². The predicted molar refractivity (Wildman–Crippen MR) is 106 cm³/mol. The van der Waals surface area contributed by atoms with Crippen LogP contribution in [0, 0.1) is 6.92 Å². The van der Waals surface area contributed by atoms with E-state index in [9.17, 15) is 13.2 Å². The van der Waals surface area contributed by atoms with Crippen molar-refractivity contribution in [1.82, 2.24) is 4.31 Å². The summed E-state index contributed by atoms with van der Waals surface area (Å²) in [6, 6.07) is 11.7. The van der Waals surface area contributed by atoms with Crippen molar-refractivity contribution in [3.05, 3.63) is 53.1 Å². The SMILES string of the molecule is Cc1ccccc1NC(=O)COc1ccc(Cl)cc1S(=O)(=O)N1CCOCC1. The first kappa shape index (κ1) is 20.6. The van der Waals surface area contributed by atoms with Crippen molar-refractivity contribution in [2.75, 3.05) is 38.2 Å². The second-order valence-electron chi connectivity index (χ2n) is 6.26. The Labute approximate surface area is 169 Å². The molecule has 3 rings (SSSR count). The minimum atomic E-state index is -3.82. The molecule has 1 N–H and O–H groups in total. The summed E-state index contributed by atoms with van der Waals surface area (Å²) in [6.07, 6.45) is 0. The van der Waals surface area contributed by atoms with Gasteiger partial charge in [-0.2, -0.15) is 4.31 Å². The fourth-order valence-corrected chi connectivity index (χ4v) is 4.57. The van der Waals surface area contributed by atoms with Gasteiger partial charge in [0.1, 0.15) is 10.6 Å². The molecular weight excluding hydrogens is 404 g/mol. The number of anilines is 1. The van der Waals surface area contributed by atoms with E-state index in [1.165, 1.54) is 22.5 Å². The minimum absolute atomic E-state index is 0.0643. The molecule has 1 fully saturated rings. The third kappa shape index (κ3) is 4.82. The second-order valence-corrected chi connectivity index (χ2v) is 8.60. The molecule has 0 aliphatic carbocycles. The number of sulfonamides is 1. The molecule has 7 nitrogen and oxygen atoms in total. The van der Waals surface area contributed by atoms with Gasteiger partial charge in [-0.05, 0) is 36.8 Å². The Hall–Kier alpha value is -2.13. The van der Waals surface area contributed by atoms with Gasteiger partial charge in [-0.1, -0.05) is 29.8 Å². The van der Waals surface area contributed by atoms with E-state index < -0.39 is 10.0 Å². The molecule has 0 spiro atoms. The van der Waals surface area contributed by atoms with Crippen LogP contribution in [0.1, 0.15) is 5.56 Å². The number of morpholine rings is 1. The maximum absolute atomic E-state index is 13.0. The fourth-order valence-electron chi connectivity index (χ4n) is 2.77. The highest BCUT2D eigenvalue weighted by Crippen LogP contribution is 2.30. The first-order valence-electron chi connectivity index (χ1n) is 8.73. The van der Waals surface area contributed by atoms with E-state index in [1.807, 2.05) is 25.1 Å². The normalized spacial score (nSPS) is 15.2. The van der Waals surface area contributed by atoms with Crippen LogP contribution in [0.4, 0.5) is 5.69 Å². The number of halogens is 1. The van der Waals surface area contributed by atoms with Gasteiger partial charge in [0.25, 0.3) is 5.91 Å². The number of para-hydroxylation sites is 1. The van der Waals surface area contributed by atoms with Crippen LogP contribution in [0.15, 0.2) is 47.4 Å². The van der Waals surface area contributed by atoms with Gasteiger partial charge < -0.3 is 14.8 Å². The van der Waals surface area contributed by atoms with E-state index in [4.69, 9.17) is 21.1 Å². The molecule has 0 unspecified atom stereocenters. The highest BCUT2D eigenvalue weighted by Gasteiger charge is 2.29. The number of hydrogen-bond donors (Lipinski definition) is 1. The van der Waals surface area contributed by atoms with E-state index >= 15 is 0 Å². The van der Waals surface area contributed by atoms with Crippen LogP contribution >= 0.6 is 11.6 Å². The molecule has 0 atom stereocenters. The summed E-state index contributed by atoms with van der Waals surface area (Å²) < 4.78 is 38.0. The highest BCUT2D eigenvalue weighted by atomic mass is 35.5. The van der Waals surface area contributed by atoms with E-state index in [0.29, 0.717) is 18.9 Å². The lowest BCUT2D eigenvalue weighted by Gasteiger charge is -2.26. The van der Waals surface area contributed by atoms with Crippen molar-refractivity contribution in [1.29, 1.82) is 0 Å². The van der Waals surface area contributed by atoms with Gasteiger partial charge in [0, 0.05) is 23.8 Å². The van der Waals surface area contributed by atoms with Crippen molar-refractivity contribution < 1.29 is 22.7 Å². The van der Waals surface area contributed by atoms with Gasteiger partial charge in [-0.25, -0.2) is 8.42 Å². The van der Waals surface area contributed by atoms with Crippen LogP contribution in [0.25, 0.3) is 0 Å². The molecule has 1 aliphatic heterocycles. The number of nitrogens with one attached hydrogen (secondary N) is 1. The highest BCUT2D eigenvalue weighted by molar-refractivity contribution is 7.89. The van der Waals surface area contributed by atoms with E-state index in [1.54, 1.807) is 6.07 Å². The van der Waals surface area contributed by atoms with Crippen LogP contribution in [0.2, 0.25) is 5.02 Å². The molecule has 2 aromatic rings. The zero-order valence-electron chi connectivity index (χ0n) is 15.4. The van der Waals surface area contributed by atoms with E-state index in [0.717, 1.165) is 5.56 Å². The zero-order valence-corrected chi connectivity index (χ0v) is 16.9. The number of rotatable bonds is 6. The maximum atomic E-state index is 13.0. The third-order valence-electron chi connectivity index (χ3n) is 4.27. The first-order chi connectivity index (χ1) is 13.4. The number of aryl methyl sites for hydroxylation is 1. The zero-order chi connectivity index (χ0) is 20.1. The average molecular weight is 425 g/mol. The molecule has 1 aliphatic rings. The molecular formula is C19H21ClN2O5S. The van der Waals surface area contributed by atoms with Crippen LogP contribution in [0.3, 0.4) is 0 Å². The van der Waals surface area contributed by atoms with Gasteiger partial charge in [-0.3, -0.25) is 4.79 Å². The third-order valence-corrected chi connectivity index (χ3v) is 6.43. The largest absolute Gasteiger partial charge is 0.482 e. The Balaban J connectivity index is 1.75. The lowest BCUT2D eigenvalue weighted by Crippen LogP contribution is -2.40. The summed E-state index contributed by atoms with van der Waals surface area (Å²) in [6.45, 7) is 2.71. The minimum Gasteiger partial charge on any atom is -0.482 e. The smallest absolute Gasteiger partial charge is 0.262 e. The van der Waals surface area contributed by atoms with E-state index in [2.05, 4.69) is 5.32 Å². The summed E-state index contributed by atoms with van der Waals surface area (Å²) in [5, 5.41) is 3.01. The number of nitrogens with zero attached hydrogens (tertiary/aromatic N) is 1. The number of ether oxygens (including phenoxy) is 2. The van der Waals surface area contributed by atoms with Gasteiger partial charge >= 0.3 is 0 Å². The molecule has 1 amide bonds. The Morgan fingerprint density at radius 3 is 2.64 bits per heavy atom. The average Bonchev–Trinajstić information content (AvgIpc) is 2.69. The Kier molecular flexibility index (Phi) is 6.56. The standard InChI is InChI=1S/C19H21ClN2O5S/c1-14-4-2-3-5-16(14)21-19(23)13-27-17-7-6-15(20)12-18(17)28(24,25)22-8-10-26-11-9-22/h2-7,12H,8-11,13H2,1H3,(H,21,23). The van der Waals surface area contributed by atoms with Crippen molar-refractivity contribution in [2.24, 2.45) is 0 Å². The van der Waals surface area contributed by atoms with Crippen molar-refractivity contribution in [3.8, 4) is 5.75 Å². The maximum Gasteiger partial charge on any atom is 0.262 e. The summed E-state index contributed by atoms with van der Waals surface area (Å²) in [7, 11) is -3.82. The lowest BCUT2D eigenvalue weighted by molar-refractivity contribution is -0.118. The second kappa shape index (κ2) is 8.91. The first-order valence-corrected chi connectivity index (χ1v) is 10.6. The molecule has 1 heterocycles. The van der Waals surface area contributed by atoms with Gasteiger partial charge in [0.05, 0.1) is 13.2 Å². The van der Waals surface area contributed by atoms with Crippen molar-refractivity contribution in [2.45, 2.75) is 11.8 Å². The van der Waals surface area contributed by atoms with Crippen LogP contribution in [0.5, 0.6) is 5.75 Å². The Bertz CT molecular complexity index is 959. The van der Waals surface area contributed by atoms with Crippen LogP contribution in [-0.4, -0.2) is 51.5 Å². The molecule has 2 aromatic carbocycles.